The van der Waals surface area contributed by atoms with Crippen LogP contribution in [0.3, 0.4) is 0 Å². The molecule has 0 unspecified atom stereocenters. The van der Waals surface area contributed by atoms with E-state index in [2.05, 4.69) is 17.7 Å². The molecule has 19 heavy (non-hydrogen) atoms. The fourth-order valence-electron chi connectivity index (χ4n) is 2.17. The molecule has 0 saturated heterocycles. The molecule has 0 fully saturated rings. The zero-order chi connectivity index (χ0) is 13.1. The molecule has 2 aromatic carbocycles. The van der Waals surface area contributed by atoms with Gasteiger partial charge in [0.15, 0.2) is 0 Å². The number of rotatable bonds is 3. The van der Waals surface area contributed by atoms with Gasteiger partial charge in [-0.2, -0.15) is 0 Å². The molecule has 102 valence electrons. The molecular formula is C15H18ClNO2. The van der Waals surface area contributed by atoms with E-state index in [1.165, 1.54) is 18.1 Å². The van der Waals surface area contributed by atoms with E-state index < -0.39 is 0 Å². The molecule has 2 N–H and O–H groups in total. The second-order valence-corrected chi connectivity index (χ2v) is 4.40. The van der Waals surface area contributed by atoms with Gasteiger partial charge in [0, 0.05) is 6.04 Å². The van der Waals surface area contributed by atoms with Crippen molar-refractivity contribution in [2.75, 3.05) is 7.11 Å². The highest BCUT2D eigenvalue weighted by atomic mass is 35.5. The van der Waals surface area contributed by atoms with Crippen molar-refractivity contribution >= 4 is 29.1 Å². The summed E-state index contributed by atoms with van der Waals surface area (Å²) < 4.78 is 4.66. The number of halogens is 1. The van der Waals surface area contributed by atoms with Gasteiger partial charge in [-0.1, -0.05) is 36.4 Å². The lowest BCUT2D eigenvalue weighted by Crippen LogP contribution is -2.16. The molecule has 0 bridgehead atoms. The van der Waals surface area contributed by atoms with Crippen molar-refractivity contribution in [2.24, 2.45) is 5.73 Å². The average molecular weight is 280 g/mol. The number of fused-ring (bicyclic) bond motifs is 1. The van der Waals surface area contributed by atoms with Crippen LogP contribution in [-0.4, -0.2) is 13.1 Å². The number of aryl methyl sites for hydroxylation is 1. The summed E-state index contributed by atoms with van der Waals surface area (Å²) in [5, 5.41) is 2.28. The lowest BCUT2D eigenvalue weighted by Gasteiger charge is -2.14. The molecule has 0 radical (unpaired) electrons. The number of hydrogen-bond donors (Lipinski definition) is 1. The van der Waals surface area contributed by atoms with Crippen LogP contribution in [0.1, 0.15) is 23.6 Å². The van der Waals surface area contributed by atoms with Crippen molar-refractivity contribution in [2.45, 2.75) is 19.4 Å². The van der Waals surface area contributed by atoms with Crippen LogP contribution >= 0.6 is 12.4 Å². The van der Waals surface area contributed by atoms with Gasteiger partial charge in [0.2, 0.25) is 0 Å². The third-order valence-electron chi connectivity index (χ3n) is 3.19. The molecule has 1 atom stereocenters. The number of nitrogens with two attached hydrogens (primary N) is 1. The summed E-state index contributed by atoms with van der Waals surface area (Å²) in [5.41, 5.74) is 8.28. The Morgan fingerprint density at radius 3 is 2.47 bits per heavy atom. The second kappa shape index (κ2) is 6.55. The van der Waals surface area contributed by atoms with E-state index in [4.69, 9.17) is 5.73 Å². The van der Waals surface area contributed by atoms with Crippen molar-refractivity contribution in [3.63, 3.8) is 0 Å². The molecule has 2 aromatic rings. The van der Waals surface area contributed by atoms with Crippen molar-refractivity contribution in [3.05, 3.63) is 47.5 Å². The average Bonchev–Trinajstić information content (AvgIpc) is 2.39. The van der Waals surface area contributed by atoms with E-state index >= 15 is 0 Å². The zero-order valence-electron chi connectivity index (χ0n) is 11.1. The summed E-state index contributed by atoms with van der Waals surface area (Å²) in [5.74, 6) is -0.285. The molecule has 0 spiro atoms. The summed E-state index contributed by atoms with van der Waals surface area (Å²) in [4.78, 5) is 11.3. The molecule has 0 aliphatic heterocycles. The van der Waals surface area contributed by atoms with Crippen molar-refractivity contribution in [1.29, 1.82) is 0 Å². The molecule has 2 rings (SSSR count). The standard InChI is InChI=1S/C15H17NO2.ClH/c1-10-7-8-13(14(16)9-15(17)18-2)12-6-4-3-5-11(10)12;/h3-8,14H,9,16H2,1-2H3;1H/t14-;/m0./s1. The van der Waals surface area contributed by atoms with Crippen LogP contribution < -0.4 is 5.73 Å². The predicted octanol–water partition coefficient (Wildman–Crippen LogP) is 3.13. The Morgan fingerprint density at radius 1 is 1.21 bits per heavy atom. The first-order valence-electron chi connectivity index (χ1n) is 5.94. The highest BCUT2D eigenvalue weighted by Gasteiger charge is 2.14. The monoisotopic (exact) mass is 279 g/mol. The lowest BCUT2D eigenvalue weighted by molar-refractivity contribution is -0.141. The van der Waals surface area contributed by atoms with Gasteiger partial charge in [0.1, 0.15) is 0 Å². The van der Waals surface area contributed by atoms with E-state index in [0.29, 0.717) is 0 Å². The maximum Gasteiger partial charge on any atom is 0.307 e. The van der Waals surface area contributed by atoms with Gasteiger partial charge in [-0.25, -0.2) is 0 Å². The van der Waals surface area contributed by atoms with Crippen LogP contribution in [0.2, 0.25) is 0 Å². The summed E-state index contributed by atoms with van der Waals surface area (Å²) in [6, 6.07) is 11.8. The summed E-state index contributed by atoms with van der Waals surface area (Å²) in [7, 11) is 1.38. The van der Waals surface area contributed by atoms with E-state index in [9.17, 15) is 4.79 Å². The zero-order valence-corrected chi connectivity index (χ0v) is 11.9. The molecule has 3 nitrogen and oxygen atoms in total. The molecule has 0 amide bonds. The molecule has 0 aliphatic rings. The van der Waals surface area contributed by atoms with Gasteiger partial charge in [0.25, 0.3) is 0 Å². The first kappa shape index (κ1) is 15.5. The first-order valence-corrected chi connectivity index (χ1v) is 5.94. The van der Waals surface area contributed by atoms with Crippen LogP contribution in [0.15, 0.2) is 36.4 Å². The van der Waals surface area contributed by atoms with Crippen LogP contribution in [0.25, 0.3) is 10.8 Å². The minimum Gasteiger partial charge on any atom is -0.469 e. The van der Waals surface area contributed by atoms with Gasteiger partial charge in [-0.15, -0.1) is 12.4 Å². The number of carbonyl (C=O) groups excluding carboxylic acids is 1. The van der Waals surface area contributed by atoms with Gasteiger partial charge in [-0.3, -0.25) is 4.79 Å². The van der Waals surface area contributed by atoms with E-state index in [1.807, 2.05) is 30.3 Å². The van der Waals surface area contributed by atoms with Gasteiger partial charge in [-0.05, 0) is 28.8 Å². The topological polar surface area (TPSA) is 52.3 Å². The largest absolute Gasteiger partial charge is 0.469 e. The number of carbonyl (C=O) groups is 1. The maximum atomic E-state index is 11.3. The van der Waals surface area contributed by atoms with Crippen molar-refractivity contribution < 1.29 is 9.53 Å². The Balaban J connectivity index is 0.00000180. The van der Waals surface area contributed by atoms with E-state index in [-0.39, 0.29) is 30.8 Å². The highest BCUT2D eigenvalue weighted by molar-refractivity contribution is 5.89. The normalized spacial score (nSPS) is 11.7. The fourth-order valence-corrected chi connectivity index (χ4v) is 2.17. The smallest absolute Gasteiger partial charge is 0.307 e. The second-order valence-electron chi connectivity index (χ2n) is 4.40. The SMILES string of the molecule is COC(=O)C[C@H](N)c1ccc(C)c2ccccc12.Cl. The number of esters is 1. The minimum absolute atomic E-state index is 0. The quantitative estimate of drug-likeness (QED) is 0.878. The van der Waals surface area contributed by atoms with Gasteiger partial charge < -0.3 is 10.5 Å². The fraction of sp³-hybridized carbons (Fsp3) is 0.267. The van der Waals surface area contributed by atoms with Crippen LogP contribution in [0.4, 0.5) is 0 Å². The third-order valence-corrected chi connectivity index (χ3v) is 3.19. The predicted molar refractivity (Wildman–Crippen MR) is 79.5 cm³/mol. The Kier molecular flexibility index (Phi) is 5.33. The molecule has 0 aliphatic carbocycles. The lowest BCUT2D eigenvalue weighted by atomic mass is 9.95. The van der Waals surface area contributed by atoms with Crippen LogP contribution in [-0.2, 0) is 9.53 Å². The van der Waals surface area contributed by atoms with Gasteiger partial charge in [0.05, 0.1) is 13.5 Å². The first-order chi connectivity index (χ1) is 8.63. The Bertz CT molecular complexity index is 583. The van der Waals surface area contributed by atoms with E-state index in [1.54, 1.807) is 0 Å². The number of methoxy groups -OCH3 is 1. The summed E-state index contributed by atoms with van der Waals surface area (Å²) in [6.07, 6.45) is 0.198. The molecule has 0 heterocycles. The third kappa shape index (κ3) is 3.25. The Labute approximate surface area is 119 Å². The van der Waals surface area contributed by atoms with Crippen molar-refractivity contribution in [3.8, 4) is 0 Å². The Hall–Kier alpha value is -1.58. The molecule has 4 heteroatoms. The summed E-state index contributed by atoms with van der Waals surface area (Å²) >= 11 is 0. The number of hydrogen-bond acceptors (Lipinski definition) is 3. The van der Waals surface area contributed by atoms with Crippen LogP contribution in [0.5, 0.6) is 0 Å². The maximum absolute atomic E-state index is 11.3. The van der Waals surface area contributed by atoms with Crippen LogP contribution in [0, 0.1) is 6.92 Å². The molecule has 0 aromatic heterocycles. The summed E-state index contributed by atoms with van der Waals surface area (Å²) in [6.45, 7) is 2.07. The van der Waals surface area contributed by atoms with E-state index in [0.717, 1.165) is 10.9 Å². The number of ether oxygens (including phenoxy) is 1. The Morgan fingerprint density at radius 2 is 1.84 bits per heavy atom. The van der Waals surface area contributed by atoms with Crippen molar-refractivity contribution in [1.82, 2.24) is 0 Å². The minimum atomic E-state index is -0.331. The van der Waals surface area contributed by atoms with Gasteiger partial charge >= 0.3 is 5.97 Å². The highest BCUT2D eigenvalue weighted by Crippen LogP contribution is 2.27. The molecule has 0 saturated carbocycles. The number of benzene rings is 2. The molecular weight excluding hydrogens is 262 g/mol.